The van der Waals surface area contributed by atoms with E-state index in [1.807, 2.05) is 49.4 Å². The highest BCUT2D eigenvalue weighted by Gasteiger charge is 2.35. The minimum atomic E-state index is -0.337. The van der Waals surface area contributed by atoms with E-state index < -0.39 is 0 Å². The van der Waals surface area contributed by atoms with E-state index in [2.05, 4.69) is 19.2 Å². The topological polar surface area (TPSA) is 67.9 Å². The first-order valence-corrected chi connectivity index (χ1v) is 10.9. The van der Waals surface area contributed by atoms with Crippen LogP contribution in [-0.2, 0) is 16.1 Å². The van der Waals surface area contributed by atoms with Gasteiger partial charge in [0.15, 0.2) is 11.5 Å². The Kier molecular flexibility index (Phi) is 6.16. The summed E-state index contributed by atoms with van der Waals surface area (Å²) in [6.45, 7) is 8.25. The molecule has 2 unspecified atom stereocenters. The van der Waals surface area contributed by atoms with E-state index in [0.717, 1.165) is 16.9 Å². The van der Waals surface area contributed by atoms with Crippen molar-refractivity contribution in [3.05, 3.63) is 59.2 Å². The van der Waals surface area contributed by atoms with Crippen molar-refractivity contribution in [3.63, 3.8) is 0 Å². The number of fused-ring (bicyclic) bond motifs is 1. The second-order valence-corrected chi connectivity index (χ2v) is 8.79. The normalized spacial score (nSPS) is 18.9. The summed E-state index contributed by atoms with van der Waals surface area (Å²) in [5, 5.41) is 3.18. The third kappa shape index (κ3) is 4.84. The first-order chi connectivity index (χ1) is 14.9. The van der Waals surface area contributed by atoms with Crippen molar-refractivity contribution in [1.82, 2.24) is 10.2 Å². The van der Waals surface area contributed by atoms with Crippen LogP contribution in [0, 0.1) is 18.8 Å². The maximum atomic E-state index is 13.1. The Balaban J connectivity index is 1.42. The highest BCUT2D eigenvalue weighted by Crippen LogP contribution is 2.34. The number of carbonyl (C=O) groups is 2. The van der Waals surface area contributed by atoms with E-state index in [1.54, 1.807) is 4.90 Å². The van der Waals surface area contributed by atoms with E-state index in [0.29, 0.717) is 32.1 Å². The average molecular weight is 423 g/mol. The third-order valence-electron chi connectivity index (χ3n) is 5.97. The number of carbonyl (C=O) groups excluding carboxylic acids is 2. The van der Waals surface area contributed by atoms with Gasteiger partial charge in [0.2, 0.25) is 11.8 Å². The molecule has 2 amide bonds. The maximum Gasteiger partial charge on any atom is 0.225 e. The fourth-order valence-electron chi connectivity index (χ4n) is 4.17. The first-order valence-electron chi connectivity index (χ1n) is 10.9. The third-order valence-corrected chi connectivity index (χ3v) is 5.97. The van der Waals surface area contributed by atoms with Gasteiger partial charge in [-0.25, -0.2) is 0 Å². The molecule has 2 aromatic rings. The van der Waals surface area contributed by atoms with Gasteiger partial charge in [0.25, 0.3) is 0 Å². The average Bonchev–Trinajstić information content (AvgIpc) is 3.13. The molecule has 0 saturated carbocycles. The van der Waals surface area contributed by atoms with E-state index in [4.69, 9.17) is 9.47 Å². The van der Waals surface area contributed by atoms with Gasteiger partial charge in [-0.2, -0.15) is 0 Å². The van der Waals surface area contributed by atoms with Crippen LogP contribution in [0.5, 0.6) is 11.5 Å². The van der Waals surface area contributed by atoms with Crippen molar-refractivity contribution in [2.24, 2.45) is 11.8 Å². The fourth-order valence-corrected chi connectivity index (χ4v) is 4.17. The number of ether oxygens (including phenoxy) is 2. The summed E-state index contributed by atoms with van der Waals surface area (Å²) in [4.78, 5) is 27.4. The zero-order chi connectivity index (χ0) is 22.0. The van der Waals surface area contributed by atoms with Gasteiger partial charge in [-0.1, -0.05) is 49.7 Å². The molecule has 1 N–H and O–H groups in total. The van der Waals surface area contributed by atoms with Crippen LogP contribution in [0.15, 0.2) is 42.5 Å². The van der Waals surface area contributed by atoms with Crippen molar-refractivity contribution >= 4 is 11.8 Å². The van der Waals surface area contributed by atoms with Gasteiger partial charge in [-0.3, -0.25) is 9.59 Å². The lowest BCUT2D eigenvalue weighted by molar-refractivity contribution is -0.129. The lowest BCUT2D eigenvalue weighted by Gasteiger charge is -2.26. The molecule has 0 bridgehead atoms. The molecule has 0 spiro atoms. The van der Waals surface area contributed by atoms with Crippen molar-refractivity contribution in [1.29, 1.82) is 0 Å². The second-order valence-electron chi connectivity index (χ2n) is 8.79. The Morgan fingerprint density at radius 1 is 1.10 bits per heavy atom. The summed E-state index contributed by atoms with van der Waals surface area (Å²) in [6.07, 6.45) is 0.254. The number of amides is 2. The van der Waals surface area contributed by atoms with Gasteiger partial charge in [-0.05, 0) is 36.1 Å². The Morgan fingerprint density at radius 3 is 2.52 bits per heavy atom. The minimum Gasteiger partial charge on any atom is -0.486 e. The zero-order valence-corrected chi connectivity index (χ0v) is 18.4. The van der Waals surface area contributed by atoms with Crippen molar-refractivity contribution < 1.29 is 19.1 Å². The molecule has 0 aliphatic carbocycles. The van der Waals surface area contributed by atoms with Gasteiger partial charge in [0.05, 0.1) is 12.0 Å². The van der Waals surface area contributed by atoms with Crippen LogP contribution in [0.25, 0.3) is 0 Å². The molecular weight excluding hydrogens is 392 g/mol. The van der Waals surface area contributed by atoms with Crippen LogP contribution in [0.2, 0.25) is 0 Å². The summed E-state index contributed by atoms with van der Waals surface area (Å²) < 4.78 is 11.3. The van der Waals surface area contributed by atoms with Gasteiger partial charge in [0.1, 0.15) is 13.2 Å². The number of hydrogen-bond donors (Lipinski definition) is 1. The Morgan fingerprint density at radius 2 is 1.81 bits per heavy atom. The molecule has 6 nitrogen and oxygen atoms in total. The molecule has 164 valence electrons. The van der Waals surface area contributed by atoms with Crippen molar-refractivity contribution in [2.75, 3.05) is 19.8 Å². The quantitative estimate of drug-likeness (QED) is 0.772. The van der Waals surface area contributed by atoms with Crippen LogP contribution in [0.4, 0.5) is 0 Å². The largest absolute Gasteiger partial charge is 0.486 e. The summed E-state index contributed by atoms with van der Waals surface area (Å²) in [7, 11) is 0. The van der Waals surface area contributed by atoms with Crippen LogP contribution in [-0.4, -0.2) is 36.5 Å². The van der Waals surface area contributed by atoms with Crippen LogP contribution < -0.4 is 14.8 Å². The van der Waals surface area contributed by atoms with Gasteiger partial charge < -0.3 is 19.7 Å². The standard InChI is InChI=1S/C25H30N2O4/c1-16(2)24(19-8-9-21-22(12-19)31-11-10-30-21)26-25(29)20-13-23(28)27(15-20)14-18-6-4-17(3)5-7-18/h4-9,12,16,20,24H,10-11,13-15H2,1-3H3,(H,26,29). The first kappa shape index (κ1) is 21.2. The Hall–Kier alpha value is -3.02. The Labute approximate surface area is 183 Å². The predicted octanol–water partition coefficient (Wildman–Crippen LogP) is 3.63. The molecule has 2 aliphatic heterocycles. The van der Waals surface area contributed by atoms with Gasteiger partial charge in [-0.15, -0.1) is 0 Å². The Bertz CT molecular complexity index is 954. The molecule has 2 aliphatic rings. The molecule has 1 fully saturated rings. The monoisotopic (exact) mass is 422 g/mol. The fraction of sp³-hybridized carbons (Fsp3) is 0.440. The molecule has 0 radical (unpaired) electrons. The van der Waals surface area contributed by atoms with E-state index in [-0.39, 0.29) is 36.1 Å². The molecule has 2 atom stereocenters. The van der Waals surface area contributed by atoms with Crippen LogP contribution >= 0.6 is 0 Å². The number of rotatable bonds is 6. The van der Waals surface area contributed by atoms with E-state index in [9.17, 15) is 9.59 Å². The highest BCUT2D eigenvalue weighted by molar-refractivity contribution is 5.89. The molecule has 2 heterocycles. The summed E-state index contributed by atoms with van der Waals surface area (Å²) in [6, 6.07) is 13.8. The number of likely N-dealkylation sites (tertiary alicyclic amines) is 1. The summed E-state index contributed by atoms with van der Waals surface area (Å²) >= 11 is 0. The summed E-state index contributed by atoms with van der Waals surface area (Å²) in [5.74, 6) is 1.25. The molecular formula is C25H30N2O4. The van der Waals surface area contributed by atoms with E-state index in [1.165, 1.54) is 5.56 Å². The predicted molar refractivity (Wildman–Crippen MR) is 118 cm³/mol. The number of nitrogens with one attached hydrogen (secondary N) is 1. The smallest absolute Gasteiger partial charge is 0.225 e. The van der Waals surface area contributed by atoms with Crippen LogP contribution in [0.3, 0.4) is 0 Å². The van der Waals surface area contributed by atoms with E-state index >= 15 is 0 Å². The summed E-state index contributed by atoms with van der Waals surface area (Å²) in [5.41, 5.74) is 3.25. The van der Waals surface area contributed by atoms with Gasteiger partial charge >= 0.3 is 0 Å². The number of benzene rings is 2. The molecule has 6 heteroatoms. The molecule has 31 heavy (non-hydrogen) atoms. The SMILES string of the molecule is Cc1ccc(CN2CC(C(=O)NC(c3ccc4c(c3)OCCO4)C(C)C)CC2=O)cc1. The molecule has 0 aromatic heterocycles. The number of aryl methyl sites for hydroxylation is 1. The van der Waals surface area contributed by atoms with Crippen molar-refractivity contribution in [3.8, 4) is 11.5 Å². The second kappa shape index (κ2) is 9.00. The molecule has 1 saturated heterocycles. The van der Waals surface area contributed by atoms with Crippen LogP contribution in [0.1, 0.15) is 43.0 Å². The van der Waals surface area contributed by atoms with Gasteiger partial charge in [0, 0.05) is 19.5 Å². The lowest BCUT2D eigenvalue weighted by Crippen LogP contribution is -2.37. The highest BCUT2D eigenvalue weighted by atomic mass is 16.6. The zero-order valence-electron chi connectivity index (χ0n) is 18.4. The molecule has 2 aromatic carbocycles. The van der Waals surface area contributed by atoms with Crippen molar-refractivity contribution in [2.45, 2.75) is 39.8 Å². The maximum absolute atomic E-state index is 13.1. The molecule has 4 rings (SSSR count). The minimum absolute atomic E-state index is 0.0288. The number of hydrogen-bond acceptors (Lipinski definition) is 4. The lowest BCUT2D eigenvalue weighted by atomic mass is 9.94. The number of nitrogens with zero attached hydrogens (tertiary/aromatic N) is 1.